The van der Waals surface area contributed by atoms with Gasteiger partial charge in [0.1, 0.15) is 11.7 Å². The summed E-state index contributed by atoms with van der Waals surface area (Å²) in [6.45, 7) is 14.9. The number of ether oxygens (including phenoxy) is 2. The van der Waals surface area contributed by atoms with Gasteiger partial charge < -0.3 is 19.0 Å². The third kappa shape index (κ3) is 7.06. The zero-order chi connectivity index (χ0) is 27.9. The second-order valence-corrected chi connectivity index (χ2v) is 16.1. The number of nitrogens with zero attached hydrogens (tertiary/aromatic N) is 1. The zero-order valence-electron chi connectivity index (χ0n) is 24.2. The minimum atomic E-state index is -2.05. The van der Waals surface area contributed by atoms with E-state index in [4.69, 9.17) is 13.9 Å². The number of aliphatic hydroxyl groups is 1. The molecular formula is C31H47NO5Si. The Bertz CT molecular complexity index is 988. The second kappa shape index (κ2) is 13.2. The number of carbonyl (C=O) groups excluding carboxylic acids is 1. The Morgan fingerprint density at radius 1 is 0.921 bits per heavy atom. The van der Waals surface area contributed by atoms with E-state index in [9.17, 15) is 9.90 Å². The molecule has 0 spiro atoms. The largest absolute Gasteiger partial charge is 0.441 e. The Balaban J connectivity index is 1.99. The van der Waals surface area contributed by atoms with E-state index in [-0.39, 0.29) is 18.1 Å². The van der Waals surface area contributed by atoms with Crippen LogP contribution in [0.4, 0.5) is 4.79 Å². The lowest BCUT2D eigenvalue weighted by molar-refractivity contribution is -0.156. The summed E-state index contributed by atoms with van der Waals surface area (Å²) in [5.74, 6) is 0.0705. The number of rotatable bonds is 14. The van der Waals surface area contributed by atoms with Gasteiger partial charge in [-0.15, -0.1) is 0 Å². The first kappa shape index (κ1) is 30.3. The molecule has 3 rings (SSSR count). The minimum Gasteiger partial charge on any atom is -0.441 e. The molecule has 2 aromatic rings. The van der Waals surface area contributed by atoms with Crippen LogP contribution in [0, 0.1) is 5.92 Å². The number of hydrogen-bond donors (Lipinski definition) is 1. The van der Waals surface area contributed by atoms with Crippen LogP contribution >= 0.6 is 0 Å². The first-order chi connectivity index (χ1) is 18.1. The molecule has 0 radical (unpaired) electrons. The molecule has 0 unspecified atom stereocenters. The predicted molar refractivity (Wildman–Crippen MR) is 154 cm³/mol. The molecule has 0 aliphatic carbocycles. The Morgan fingerprint density at radius 3 is 1.95 bits per heavy atom. The Morgan fingerprint density at radius 2 is 1.45 bits per heavy atom. The standard InChI is InChI=1S/C31H47NO5Si/c1-8-38(9-2,10-3)37-27(23(4)5)28(35-22-25-19-15-12-16-20-25)29(33)32-26(31(6,7)36-30(32)34)21-24-17-13-11-14-18-24/h11-20,23,26-29,33H,8-10,21-22H2,1-7H3/t26-,27+,28-,29-/m0/s1. The molecule has 1 N–H and O–H groups in total. The molecule has 0 saturated carbocycles. The smallest absolute Gasteiger partial charge is 0.412 e. The molecule has 1 amide bonds. The highest BCUT2D eigenvalue weighted by atomic mass is 28.4. The number of cyclic esters (lactones) is 1. The van der Waals surface area contributed by atoms with Gasteiger partial charge in [0.15, 0.2) is 14.5 Å². The van der Waals surface area contributed by atoms with Crippen molar-refractivity contribution >= 4 is 14.4 Å². The first-order valence-electron chi connectivity index (χ1n) is 14.1. The molecule has 38 heavy (non-hydrogen) atoms. The van der Waals surface area contributed by atoms with Gasteiger partial charge in [-0.25, -0.2) is 4.79 Å². The lowest BCUT2D eigenvalue weighted by Gasteiger charge is -2.43. The van der Waals surface area contributed by atoms with E-state index in [0.29, 0.717) is 13.0 Å². The molecule has 1 heterocycles. The molecule has 4 atom stereocenters. The lowest BCUT2D eigenvalue weighted by atomic mass is 9.91. The van der Waals surface area contributed by atoms with Gasteiger partial charge in [0.25, 0.3) is 0 Å². The van der Waals surface area contributed by atoms with E-state index in [0.717, 1.165) is 29.3 Å². The molecule has 7 heteroatoms. The summed E-state index contributed by atoms with van der Waals surface area (Å²) in [6, 6.07) is 22.5. The van der Waals surface area contributed by atoms with E-state index in [1.165, 1.54) is 4.90 Å². The average molecular weight is 542 g/mol. The van der Waals surface area contributed by atoms with Gasteiger partial charge in [-0.2, -0.15) is 0 Å². The van der Waals surface area contributed by atoms with Crippen LogP contribution in [-0.2, 0) is 26.9 Å². The molecule has 1 aliphatic rings. The normalized spacial score (nSPS) is 19.9. The van der Waals surface area contributed by atoms with Crippen LogP contribution in [0.5, 0.6) is 0 Å². The average Bonchev–Trinajstić information content (AvgIpc) is 3.14. The van der Waals surface area contributed by atoms with Gasteiger partial charge >= 0.3 is 6.09 Å². The molecule has 6 nitrogen and oxygen atoms in total. The van der Waals surface area contributed by atoms with Gasteiger partial charge in [0.2, 0.25) is 0 Å². The van der Waals surface area contributed by atoms with Gasteiger partial charge in [-0.05, 0) is 55.4 Å². The van der Waals surface area contributed by atoms with Crippen LogP contribution in [0.3, 0.4) is 0 Å². The fraction of sp³-hybridized carbons (Fsp3) is 0.581. The van der Waals surface area contributed by atoms with Crippen molar-refractivity contribution in [1.82, 2.24) is 4.90 Å². The quantitative estimate of drug-likeness (QED) is 0.267. The molecular weight excluding hydrogens is 494 g/mol. The van der Waals surface area contributed by atoms with E-state index in [1.807, 2.05) is 74.5 Å². The van der Waals surface area contributed by atoms with Gasteiger partial charge in [0, 0.05) is 0 Å². The van der Waals surface area contributed by atoms with Crippen molar-refractivity contribution in [1.29, 1.82) is 0 Å². The van der Waals surface area contributed by atoms with Crippen molar-refractivity contribution in [3.8, 4) is 0 Å². The molecule has 1 aliphatic heterocycles. The van der Waals surface area contributed by atoms with Crippen LogP contribution in [0.15, 0.2) is 60.7 Å². The number of amides is 1. The van der Waals surface area contributed by atoms with Gasteiger partial charge in [-0.1, -0.05) is 95.3 Å². The molecule has 1 saturated heterocycles. The number of carbonyl (C=O) groups is 1. The van der Waals surface area contributed by atoms with Gasteiger partial charge in [0.05, 0.1) is 18.8 Å². The number of hydrogen-bond acceptors (Lipinski definition) is 5. The monoisotopic (exact) mass is 541 g/mol. The van der Waals surface area contributed by atoms with Crippen LogP contribution in [0.1, 0.15) is 59.6 Å². The van der Waals surface area contributed by atoms with Crippen molar-refractivity contribution in [2.75, 3.05) is 0 Å². The predicted octanol–water partition coefficient (Wildman–Crippen LogP) is 6.78. The third-order valence-electron chi connectivity index (χ3n) is 8.14. The Labute approximate surface area is 230 Å². The summed E-state index contributed by atoms with van der Waals surface area (Å²) in [7, 11) is -2.05. The van der Waals surface area contributed by atoms with Gasteiger partial charge in [-0.3, -0.25) is 4.90 Å². The number of benzene rings is 2. The van der Waals surface area contributed by atoms with Crippen molar-refractivity contribution in [2.24, 2.45) is 5.92 Å². The summed E-state index contributed by atoms with van der Waals surface area (Å²) in [5, 5.41) is 12.0. The summed E-state index contributed by atoms with van der Waals surface area (Å²) in [6.07, 6.45) is -2.32. The van der Waals surface area contributed by atoms with E-state index < -0.39 is 32.3 Å². The molecule has 1 fully saturated rings. The second-order valence-electron chi connectivity index (χ2n) is 11.3. The molecule has 2 aromatic carbocycles. The third-order valence-corrected chi connectivity index (χ3v) is 12.8. The summed E-state index contributed by atoms with van der Waals surface area (Å²) < 4.78 is 19.3. The van der Waals surface area contributed by atoms with Crippen molar-refractivity contribution in [3.05, 3.63) is 71.8 Å². The van der Waals surface area contributed by atoms with Crippen LogP contribution in [-0.4, -0.2) is 54.5 Å². The summed E-state index contributed by atoms with van der Waals surface area (Å²) in [5.41, 5.74) is 1.30. The highest BCUT2D eigenvalue weighted by Gasteiger charge is 2.53. The first-order valence-corrected chi connectivity index (χ1v) is 16.7. The molecule has 210 valence electrons. The highest BCUT2D eigenvalue weighted by Crippen LogP contribution is 2.36. The van der Waals surface area contributed by atoms with E-state index in [1.54, 1.807) is 0 Å². The summed E-state index contributed by atoms with van der Waals surface area (Å²) >= 11 is 0. The highest BCUT2D eigenvalue weighted by molar-refractivity contribution is 6.73. The summed E-state index contributed by atoms with van der Waals surface area (Å²) in [4.78, 5) is 14.8. The van der Waals surface area contributed by atoms with Crippen LogP contribution < -0.4 is 0 Å². The Hall–Kier alpha value is -2.19. The van der Waals surface area contributed by atoms with Crippen LogP contribution in [0.25, 0.3) is 0 Å². The fourth-order valence-corrected chi connectivity index (χ4v) is 8.41. The topological polar surface area (TPSA) is 68.2 Å². The maximum absolute atomic E-state index is 13.3. The van der Waals surface area contributed by atoms with Crippen molar-refractivity contribution in [3.63, 3.8) is 0 Å². The van der Waals surface area contributed by atoms with E-state index in [2.05, 4.69) is 34.6 Å². The fourth-order valence-electron chi connectivity index (χ4n) is 5.43. The maximum Gasteiger partial charge on any atom is 0.412 e. The molecule has 0 aromatic heterocycles. The van der Waals surface area contributed by atoms with Crippen LogP contribution in [0.2, 0.25) is 18.1 Å². The lowest BCUT2D eigenvalue weighted by Crippen LogP contribution is -2.58. The Kier molecular flexibility index (Phi) is 10.6. The number of aliphatic hydroxyl groups excluding tert-OH is 1. The molecule has 0 bridgehead atoms. The maximum atomic E-state index is 13.3. The SMILES string of the molecule is CC[Si](CC)(CC)O[C@H](C(C)C)[C@H](OCc1ccccc1)[C@H](O)N1C(=O)OC(C)(C)[C@@H]1Cc1ccccc1. The zero-order valence-corrected chi connectivity index (χ0v) is 25.2. The van der Waals surface area contributed by atoms with Crippen molar-refractivity contribution < 1.29 is 23.8 Å². The van der Waals surface area contributed by atoms with Crippen molar-refractivity contribution in [2.45, 2.75) is 110 Å². The minimum absolute atomic E-state index is 0.0705. The van der Waals surface area contributed by atoms with E-state index >= 15 is 0 Å².